The minimum atomic E-state index is 0.472. The minimum Gasteiger partial charge on any atom is -0.491 e. The molecule has 13 heavy (non-hydrogen) atoms. The lowest BCUT2D eigenvalue weighted by molar-refractivity contribution is 0.299. The molecule has 0 fully saturated rings. The lowest BCUT2D eigenvalue weighted by atomic mass is 10.2. The normalized spacial score (nSPS) is 10.5. The fraction of sp³-hybridized carbons (Fsp3) is 0.500. The summed E-state index contributed by atoms with van der Waals surface area (Å²) in [7, 11) is 0. The molecule has 0 aromatic carbocycles. The Balaban J connectivity index is 2.73. The quantitative estimate of drug-likeness (QED) is 0.691. The highest BCUT2D eigenvalue weighted by molar-refractivity contribution is 7.10. The second-order valence-electron chi connectivity index (χ2n) is 3.09. The highest BCUT2D eigenvalue weighted by Crippen LogP contribution is 2.22. The first-order valence-corrected chi connectivity index (χ1v) is 5.30. The maximum Gasteiger partial charge on any atom is 0.157 e. The topological polar surface area (TPSA) is 22.1 Å². The molecule has 0 spiro atoms. The first-order valence-electron chi connectivity index (χ1n) is 4.42. The summed E-state index contributed by atoms with van der Waals surface area (Å²) >= 11 is 1.59. The summed E-state index contributed by atoms with van der Waals surface area (Å²) in [6.45, 7) is 10.7. The number of rotatable bonds is 4. The molecule has 1 heterocycles. The van der Waals surface area contributed by atoms with E-state index in [1.807, 2.05) is 6.92 Å². The fourth-order valence-electron chi connectivity index (χ4n) is 0.915. The Morgan fingerprint density at radius 1 is 1.69 bits per heavy atom. The van der Waals surface area contributed by atoms with Crippen molar-refractivity contribution in [3.05, 3.63) is 22.7 Å². The van der Waals surface area contributed by atoms with E-state index >= 15 is 0 Å². The molecule has 0 saturated heterocycles. The molecule has 1 aromatic heterocycles. The van der Waals surface area contributed by atoms with Crippen LogP contribution < -0.4 is 0 Å². The summed E-state index contributed by atoms with van der Waals surface area (Å²) in [4.78, 5) is 4.42. The Hall–Kier alpha value is -0.830. The highest BCUT2D eigenvalue weighted by Gasteiger charge is 2.08. The van der Waals surface area contributed by atoms with Crippen molar-refractivity contribution in [3.8, 4) is 0 Å². The van der Waals surface area contributed by atoms with Gasteiger partial charge >= 0.3 is 0 Å². The molecule has 3 heteroatoms. The van der Waals surface area contributed by atoms with Crippen LogP contribution in [0.4, 0.5) is 0 Å². The van der Waals surface area contributed by atoms with E-state index in [2.05, 4.69) is 30.8 Å². The monoisotopic (exact) mass is 197 g/mol. The van der Waals surface area contributed by atoms with Crippen LogP contribution in [0.2, 0.25) is 0 Å². The molecule has 1 rings (SSSR count). The third-order valence-corrected chi connectivity index (χ3v) is 2.57. The van der Waals surface area contributed by atoms with Gasteiger partial charge in [-0.1, -0.05) is 20.4 Å². The van der Waals surface area contributed by atoms with Crippen LogP contribution in [0.1, 0.15) is 37.4 Å². The Kier molecular flexibility index (Phi) is 3.48. The van der Waals surface area contributed by atoms with Crippen molar-refractivity contribution in [1.82, 2.24) is 4.98 Å². The molecule has 0 atom stereocenters. The van der Waals surface area contributed by atoms with Crippen molar-refractivity contribution < 1.29 is 4.74 Å². The predicted molar refractivity (Wildman–Crippen MR) is 56.9 cm³/mol. The third-order valence-electron chi connectivity index (χ3n) is 1.67. The predicted octanol–water partition coefficient (Wildman–Crippen LogP) is 3.27. The van der Waals surface area contributed by atoms with Crippen LogP contribution in [0.25, 0.3) is 5.76 Å². The molecular formula is C10H15NOS. The van der Waals surface area contributed by atoms with Crippen LogP contribution in [0.15, 0.2) is 12.0 Å². The van der Waals surface area contributed by atoms with Crippen molar-refractivity contribution in [3.63, 3.8) is 0 Å². The summed E-state index contributed by atoms with van der Waals surface area (Å²) < 4.78 is 5.27. The summed E-state index contributed by atoms with van der Waals surface area (Å²) in [6, 6.07) is 0. The van der Waals surface area contributed by atoms with Gasteiger partial charge in [0.15, 0.2) is 5.01 Å². The first-order chi connectivity index (χ1) is 6.15. The largest absolute Gasteiger partial charge is 0.491 e. The van der Waals surface area contributed by atoms with E-state index < -0.39 is 0 Å². The smallest absolute Gasteiger partial charge is 0.157 e. The Morgan fingerprint density at radius 3 is 2.85 bits per heavy atom. The Labute approximate surface area is 83.3 Å². The zero-order chi connectivity index (χ0) is 9.84. The molecule has 0 unspecified atom stereocenters. The number of thiazole rings is 1. The zero-order valence-corrected chi connectivity index (χ0v) is 9.15. The van der Waals surface area contributed by atoms with E-state index in [1.165, 1.54) is 0 Å². The molecule has 1 aromatic rings. The first kappa shape index (κ1) is 10.3. The van der Waals surface area contributed by atoms with Crippen LogP contribution in [0, 0.1) is 0 Å². The molecule has 0 amide bonds. The molecule has 72 valence electrons. The van der Waals surface area contributed by atoms with Crippen molar-refractivity contribution >= 4 is 17.1 Å². The van der Waals surface area contributed by atoms with Crippen molar-refractivity contribution in [2.75, 3.05) is 6.61 Å². The van der Waals surface area contributed by atoms with Gasteiger partial charge in [0.2, 0.25) is 0 Å². The van der Waals surface area contributed by atoms with Crippen LogP contribution >= 0.6 is 11.3 Å². The van der Waals surface area contributed by atoms with Gasteiger partial charge in [-0.2, -0.15) is 0 Å². The molecular weight excluding hydrogens is 182 g/mol. The number of aromatic nitrogens is 1. The Morgan fingerprint density at radius 2 is 2.38 bits per heavy atom. The summed E-state index contributed by atoms with van der Waals surface area (Å²) in [6.07, 6.45) is 0. The van der Waals surface area contributed by atoms with Gasteiger partial charge in [0.1, 0.15) is 5.76 Å². The molecule has 0 aliphatic carbocycles. The average molecular weight is 197 g/mol. The molecule has 0 saturated carbocycles. The van der Waals surface area contributed by atoms with E-state index in [1.54, 1.807) is 11.3 Å². The van der Waals surface area contributed by atoms with Crippen molar-refractivity contribution in [2.24, 2.45) is 0 Å². The van der Waals surface area contributed by atoms with Gasteiger partial charge in [-0.15, -0.1) is 11.3 Å². The van der Waals surface area contributed by atoms with Crippen molar-refractivity contribution in [1.29, 1.82) is 0 Å². The van der Waals surface area contributed by atoms with Gasteiger partial charge in [0.25, 0.3) is 0 Å². The van der Waals surface area contributed by atoms with E-state index in [0.717, 1.165) is 10.7 Å². The standard InChI is InChI=1S/C10H15NOS/c1-5-12-8(4)10-11-9(6-13-10)7(2)3/h6-7H,4-5H2,1-3H3. The molecule has 0 aliphatic rings. The highest BCUT2D eigenvalue weighted by atomic mass is 32.1. The molecule has 0 aliphatic heterocycles. The number of nitrogens with zero attached hydrogens (tertiary/aromatic N) is 1. The van der Waals surface area contributed by atoms with E-state index in [-0.39, 0.29) is 0 Å². The summed E-state index contributed by atoms with van der Waals surface area (Å²) in [5, 5.41) is 2.95. The van der Waals surface area contributed by atoms with E-state index in [9.17, 15) is 0 Å². The molecule has 0 N–H and O–H groups in total. The lowest BCUT2D eigenvalue weighted by Gasteiger charge is -2.02. The average Bonchev–Trinajstić information content (AvgIpc) is 2.52. The maximum atomic E-state index is 5.27. The molecule has 0 radical (unpaired) electrons. The minimum absolute atomic E-state index is 0.472. The summed E-state index contributed by atoms with van der Waals surface area (Å²) in [5.41, 5.74) is 1.11. The van der Waals surface area contributed by atoms with Crippen LogP contribution in [0.3, 0.4) is 0 Å². The van der Waals surface area contributed by atoms with Gasteiger partial charge < -0.3 is 4.74 Å². The SMILES string of the molecule is C=C(OCC)c1nc(C(C)C)cs1. The molecule has 2 nitrogen and oxygen atoms in total. The van der Waals surface area contributed by atoms with E-state index in [4.69, 9.17) is 4.74 Å². The number of hydrogen-bond acceptors (Lipinski definition) is 3. The zero-order valence-electron chi connectivity index (χ0n) is 8.33. The maximum absolute atomic E-state index is 5.27. The van der Waals surface area contributed by atoms with Gasteiger partial charge in [0, 0.05) is 5.38 Å². The van der Waals surface area contributed by atoms with E-state index in [0.29, 0.717) is 18.3 Å². The summed E-state index contributed by atoms with van der Waals surface area (Å²) in [5.74, 6) is 1.15. The van der Waals surface area contributed by atoms with Gasteiger partial charge in [-0.05, 0) is 12.8 Å². The van der Waals surface area contributed by atoms with Crippen LogP contribution in [0.5, 0.6) is 0 Å². The van der Waals surface area contributed by atoms with Crippen LogP contribution in [-0.4, -0.2) is 11.6 Å². The number of hydrogen-bond donors (Lipinski definition) is 0. The van der Waals surface area contributed by atoms with Gasteiger partial charge in [-0.3, -0.25) is 0 Å². The van der Waals surface area contributed by atoms with Crippen molar-refractivity contribution in [2.45, 2.75) is 26.7 Å². The van der Waals surface area contributed by atoms with Gasteiger partial charge in [-0.25, -0.2) is 4.98 Å². The van der Waals surface area contributed by atoms with Gasteiger partial charge in [0.05, 0.1) is 12.3 Å². The second kappa shape index (κ2) is 4.42. The second-order valence-corrected chi connectivity index (χ2v) is 3.95. The number of ether oxygens (including phenoxy) is 1. The lowest BCUT2D eigenvalue weighted by Crippen LogP contribution is -1.91. The molecule has 0 bridgehead atoms. The Bertz CT molecular complexity index is 291. The van der Waals surface area contributed by atoms with Crippen LogP contribution in [-0.2, 0) is 4.74 Å². The fourth-order valence-corrected chi connectivity index (χ4v) is 1.82. The third kappa shape index (κ3) is 2.56.